The van der Waals surface area contributed by atoms with E-state index < -0.39 is 0 Å². The van der Waals surface area contributed by atoms with Gasteiger partial charge in [-0.2, -0.15) is 0 Å². The van der Waals surface area contributed by atoms with Crippen molar-refractivity contribution in [1.82, 2.24) is 9.38 Å². The molecule has 2 aromatic heterocycles. The summed E-state index contributed by atoms with van der Waals surface area (Å²) >= 11 is 3.38. The number of hydrogen-bond acceptors (Lipinski definition) is 2. The average Bonchev–Trinajstić information content (AvgIpc) is 2.84. The van der Waals surface area contributed by atoms with E-state index in [1.165, 1.54) is 5.56 Å². The van der Waals surface area contributed by atoms with Gasteiger partial charge in [-0.3, -0.25) is 4.40 Å². The predicted molar refractivity (Wildman–Crippen MR) is 58.0 cm³/mol. The lowest BCUT2D eigenvalue weighted by atomic mass is 10.1. The molecule has 1 fully saturated rings. The van der Waals surface area contributed by atoms with E-state index in [0.29, 0.717) is 0 Å². The van der Waals surface area contributed by atoms with Crippen LogP contribution in [0, 0.1) is 0 Å². The van der Waals surface area contributed by atoms with Crippen molar-refractivity contribution in [2.24, 2.45) is 5.73 Å². The van der Waals surface area contributed by atoms with Gasteiger partial charge in [-0.25, -0.2) is 4.98 Å². The van der Waals surface area contributed by atoms with Crippen molar-refractivity contribution in [1.29, 1.82) is 0 Å². The van der Waals surface area contributed by atoms with E-state index in [1.807, 2.05) is 16.8 Å². The first kappa shape index (κ1) is 8.44. The molecular formula is C10H10BrN3. The molecule has 0 saturated heterocycles. The van der Waals surface area contributed by atoms with E-state index in [0.717, 1.165) is 23.1 Å². The second-order valence-electron chi connectivity index (χ2n) is 3.89. The fourth-order valence-corrected chi connectivity index (χ4v) is 2.13. The minimum absolute atomic E-state index is 0.0570. The summed E-state index contributed by atoms with van der Waals surface area (Å²) in [5.74, 6) is 0. The molecule has 0 bridgehead atoms. The second kappa shape index (κ2) is 2.58. The van der Waals surface area contributed by atoms with E-state index in [4.69, 9.17) is 5.73 Å². The topological polar surface area (TPSA) is 43.3 Å². The Labute approximate surface area is 90.1 Å². The maximum Gasteiger partial charge on any atom is 0.181 e. The molecule has 0 aliphatic heterocycles. The third-order valence-corrected chi connectivity index (χ3v) is 3.44. The predicted octanol–water partition coefficient (Wildman–Crippen LogP) is 2.04. The number of nitrogens with zero attached hydrogens (tertiary/aromatic N) is 2. The summed E-state index contributed by atoms with van der Waals surface area (Å²) in [7, 11) is 0. The zero-order valence-corrected chi connectivity index (χ0v) is 9.16. The summed E-state index contributed by atoms with van der Waals surface area (Å²) in [6, 6.07) is 4.19. The number of rotatable bonds is 1. The lowest BCUT2D eigenvalue weighted by Gasteiger charge is -2.08. The largest absolute Gasteiger partial charge is 0.321 e. The summed E-state index contributed by atoms with van der Waals surface area (Å²) in [5.41, 5.74) is 8.38. The summed E-state index contributed by atoms with van der Waals surface area (Å²) in [6.45, 7) is 0. The molecule has 4 heteroatoms. The molecule has 2 aromatic rings. The minimum Gasteiger partial charge on any atom is -0.321 e. The van der Waals surface area contributed by atoms with Crippen LogP contribution in [0.2, 0.25) is 0 Å². The highest BCUT2D eigenvalue weighted by Crippen LogP contribution is 2.42. The van der Waals surface area contributed by atoms with Gasteiger partial charge >= 0.3 is 0 Å². The Bertz CT molecular complexity index is 499. The van der Waals surface area contributed by atoms with Crippen molar-refractivity contribution in [3.05, 3.63) is 34.8 Å². The summed E-state index contributed by atoms with van der Waals surface area (Å²) in [4.78, 5) is 4.18. The van der Waals surface area contributed by atoms with Crippen LogP contribution in [0.25, 0.3) is 5.52 Å². The molecule has 0 atom stereocenters. The van der Waals surface area contributed by atoms with E-state index in [9.17, 15) is 0 Å². The Morgan fingerprint density at radius 1 is 1.50 bits per heavy atom. The Morgan fingerprint density at radius 3 is 3.00 bits per heavy atom. The fraction of sp³-hybridized carbons (Fsp3) is 0.300. The quantitative estimate of drug-likeness (QED) is 0.844. The number of hydrogen-bond donors (Lipinski definition) is 1. The third kappa shape index (κ3) is 1.11. The van der Waals surface area contributed by atoms with Crippen molar-refractivity contribution in [3.8, 4) is 0 Å². The average molecular weight is 252 g/mol. The maximum atomic E-state index is 6.12. The number of imidazole rings is 1. The Balaban J connectivity index is 2.21. The highest BCUT2D eigenvalue weighted by molar-refractivity contribution is 9.10. The zero-order valence-electron chi connectivity index (χ0n) is 7.57. The first-order chi connectivity index (χ1) is 6.69. The lowest BCUT2D eigenvalue weighted by molar-refractivity contribution is 0.738. The van der Waals surface area contributed by atoms with Crippen LogP contribution in [0.1, 0.15) is 18.4 Å². The van der Waals surface area contributed by atoms with Crippen LogP contribution >= 0.6 is 15.9 Å². The van der Waals surface area contributed by atoms with Crippen molar-refractivity contribution >= 4 is 21.4 Å². The van der Waals surface area contributed by atoms with E-state index in [1.54, 1.807) is 0 Å². The van der Waals surface area contributed by atoms with Gasteiger partial charge in [0, 0.05) is 11.7 Å². The molecule has 0 amide bonds. The van der Waals surface area contributed by atoms with Crippen LogP contribution in [0.4, 0.5) is 0 Å². The highest BCUT2D eigenvalue weighted by Gasteiger charge is 2.39. The summed E-state index contributed by atoms with van der Waals surface area (Å²) in [5, 5.41) is 0. The first-order valence-electron chi connectivity index (χ1n) is 4.61. The van der Waals surface area contributed by atoms with Gasteiger partial charge in [0.05, 0.1) is 11.7 Å². The first-order valence-corrected chi connectivity index (χ1v) is 5.40. The highest BCUT2D eigenvalue weighted by atomic mass is 79.9. The van der Waals surface area contributed by atoms with Crippen LogP contribution in [-0.2, 0) is 5.54 Å². The van der Waals surface area contributed by atoms with Crippen molar-refractivity contribution in [3.63, 3.8) is 0 Å². The summed E-state index contributed by atoms with van der Waals surface area (Å²) in [6.07, 6.45) is 6.05. The van der Waals surface area contributed by atoms with Gasteiger partial charge < -0.3 is 5.73 Å². The molecule has 0 aromatic carbocycles. The Morgan fingerprint density at radius 2 is 2.29 bits per heavy atom. The molecule has 3 rings (SSSR count). The molecule has 14 heavy (non-hydrogen) atoms. The van der Waals surface area contributed by atoms with Crippen LogP contribution < -0.4 is 5.73 Å². The van der Waals surface area contributed by atoms with Gasteiger partial charge in [0.15, 0.2) is 4.73 Å². The molecule has 1 aliphatic rings. The Hall–Kier alpha value is -0.870. The van der Waals surface area contributed by atoms with Gasteiger partial charge in [-0.15, -0.1) is 0 Å². The number of halogens is 1. The number of pyridine rings is 1. The van der Waals surface area contributed by atoms with Crippen LogP contribution in [0.15, 0.2) is 29.3 Å². The van der Waals surface area contributed by atoms with E-state index in [2.05, 4.69) is 33.0 Å². The zero-order chi connectivity index (χ0) is 9.76. The maximum absolute atomic E-state index is 6.12. The Kier molecular flexibility index (Phi) is 1.56. The number of fused-ring (bicyclic) bond motifs is 1. The van der Waals surface area contributed by atoms with E-state index in [-0.39, 0.29) is 5.54 Å². The van der Waals surface area contributed by atoms with Gasteiger partial charge in [-0.1, -0.05) is 0 Å². The van der Waals surface area contributed by atoms with E-state index >= 15 is 0 Å². The SMILES string of the molecule is NC1(c2ccn3c(Br)ncc3c2)CC1. The number of nitrogens with two attached hydrogens (primary N) is 1. The lowest BCUT2D eigenvalue weighted by Crippen LogP contribution is -2.18. The molecule has 0 radical (unpaired) electrons. The van der Waals surface area contributed by atoms with Crippen LogP contribution in [0.3, 0.4) is 0 Å². The summed E-state index contributed by atoms with van der Waals surface area (Å²) < 4.78 is 2.83. The molecular weight excluding hydrogens is 242 g/mol. The van der Waals surface area contributed by atoms with Gasteiger partial charge in [0.2, 0.25) is 0 Å². The fourth-order valence-electron chi connectivity index (χ4n) is 1.70. The molecule has 1 aliphatic carbocycles. The molecule has 2 heterocycles. The third-order valence-electron chi connectivity index (χ3n) is 2.85. The van der Waals surface area contributed by atoms with Gasteiger partial charge in [0.25, 0.3) is 0 Å². The number of aromatic nitrogens is 2. The molecule has 1 saturated carbocycles. The van der Waals surface area contributed by atoms with Crippen molar-refractivity contribution in [2.75, 3.05) is 0 Å². The van der Waals surface area contributed by atoms with Crippen LogP contribution in [0.5, 0.6) is 0 Å². The second-order valence-corrected chi connectivity index (χ2v) is 4.60. The molecule has 3 nitrogen and oxygen atoms in total. The van der Waals surface area contributed by atoms with Gasteiger partial charge in [0.1, 0.15) is 0 Å². The normalized spacial score (nSPS) is 18.7. The van der Waals surface area contributed by atoms with Crippen molar-refractivity contribution in [2.45, 2.75) is 18.4 Å². The van der Waals surface area contributed by atoms with Gasteiger partial charge in [-0.05, 0) is 46.5 Å². The molecule has 0 spiro atoms. The molecule has 2 N–H and O–H groups in total. The van der Waals surface area contributed by atoms with Crippen LogP contribution in [-0.4, -0.2) is 9.38 Å². The monoisotopic (exact) mass is 251 g/mol. The standard InChI is InChI=1S/C10H10BrN3/c11-9-13-6-8-5-7(1-4-14(8)9)10(12)2-3-10/h1,4-6H,2-3,12H2. The molecule has 72 valence electrons. The smallest absolute Gasteiger partial charge is 0.181 e. The minimum atomic E-state index is -0.0570. The van der Waals surface area contributed by atoms with Crippen molar-refractivity contribution < 1.29 is 0 Å². The molecule has 0 unspecified atom stereocenters.